The minimum Gasteiger partial charge on any atom is -0.467 e. The number of methoxy groups -OCH3 is 1. The van der Waals surface area contributed by atoms with Crippen LogP contribution in [0.15, 0.2) is 59.5 Å². The molecule has 7 nitrogen and oxygen atoms in total. The summed E-state index contributed by atoms with van der Waals surface area (Å²) in [5, 5.41) is 5.18. The van der Waals surface area contributed by atoms with E-state index in [4.69, 9.17) is 4.74 Å². The monoisotopic (exact) mass is 402 g/mol. The molecule has 0 spiro atoms. The summed E-state index contributed by atoms with van der Waals surface area (Å²) in [7, 11) is -0.0870. The van der Waals surface area contributed by atoms with Crippen LogP contribution >= 0.6 is 0 Å². The van der Waals surface area contributed by atoms with Crippen molar-refractivity contribution < 1.29 is 23.3 Å². The zero-order chi connectivity index (χ0) is 20.5. The van der Waals surface area contributed by atoms with Crippen molar-refractivity contribution in [3.05, 3.63) is 60.2 Å². The van der Waals surface area contributed by atoms with E-state index in [1.807, 2.05) is 6.07 Å². The average Bonchev–Trinajstić information content (AvgIpc) is 2.70. The van der Waals surface area contributed by atoms with Gasteiger partial charge in [-0.05, 0) is 30.7 Å². The Morgan fingerprint density at radius 1 is 1.04 bits per heavy atom. The molecule has 2 amide bonds. The summed E-state index contributed by atoms with van der Waals surface area (Å²) < 4.78 is 17.1. The molecule has 0 aliphatic heterocycles. The van der Waals surface area contributed by atoms with Crippen molar-refractivity contribution >= 4 is 34.3 Å². The average molecular weight is 402 g/mol. The third-order valence-electron chi connectivity index (χ3n) is 3.87. The Hall–Kier alpha value is -3.00. The van der Waals surface area contributed by atoms with E-state index in [0.717, 1.165) is 0 Å². The van der Waals surface area contributed by atoms with Crippen LogP contribution in [-0.4, -0.2) is 40.9 Å². The Bertz CT molecular complexity index is 870. The number of benzene rings is 2. The summed E-state index contributed by atoms with van der Waals surface area (Å²) in [6.45, 7) is 1.34. The smallest absolute Gasteiger partial charge is 0.328 e. The lowest BCUT2D eigenvalue weighted by molar-refractivity contribution is -0.142. The summed E-state index contributed by atoms with van der Waals surface area (Å²) >= 11 is 0. The lowest BCUT2D eigenvalue weighted by Crippen LogP contribution is -2.42. The van der Waals surface area contributed by atoms with Crippen LogP contribution in [0.25, 0.3) is 0 Å². The second-order valence-electron chi connectivity index (χ2n) is 5.93. The first-order valence-electron chi connectivity index (χ1n) is 8.61. The van der Waals surface area contributed by atoms with E-state index in [9.17, 15) is 18.6 Å². The Balaban J connectivity index is 2.10. The maximum absolute atomic E-state index is 12.6. The predicted molar refractivity (Wildman–Crippen MR) is 106 cm³/mol. The van der Waals surface area contributed by atoms with Crippen molar-refractivity contribution in [1.82, 2.24) is 5.32 Å². The van der Waals surface area contributed by atoms with E-state index in [-0.39, 0.29) is 23.6 Å². The maximum Gasteiger partial charge on any atom is 0.328 e. The van der Waals surface area contributed by atoms with Gasteiger partial charge in [0.1, 0.15) is 6.04 Å². The molecule has 2 aromatic carbocycles. The molecular weight excluding hydrogens is 380 g/mol. The number of hydrogen-bond acceptors (Lipinski definition) is 5. The molecule has 0 heterocycles. The third-order valence-corrected chi connectivity index (χ3v) is 5.28. The fourth-order valence-electron chi connectivity index (χ4n) is 2.52. The molecule has 0 unspecified atom stereocenters. The maximum atomic E-state index is 12.6. The molecule has 0 saturated heterocycles. The molecular formula is C20H22N2O5S. The first-order chi connectivity index (χ1) is 13.4. The molecule has 0 bridgehead atoms. The van der Waals surface area contributed by atoms with Gasteiger partial charge < -0.3 is 15.4 Å². The van der Waals surface area contributed by atoms with E-state index in [2.05, 4.69) is 10.6 Å². The van der Waals surface area contributed by atoms with Crippen molar-refractivity contribution in [3.63, 3.8) is 0 Å². The molecule has 2 aromatic rings. The van der Waals surface area contributed by atoms with Crippen LogP contribution in [0.3, 0.4) is 0 Å². The second-order valence-corrected chi connectivity index (χ2v) is 7.50. The molecule has 2 atom stereocenters. The van der Waals surface area contributed by atoms with Crippen LogP contribution in [0.2, 0.25) is 0 Å². The molecule has 0 fully saturated rings. The Kier molecular flexibility index (Phi) is 7.88. The largest absolute Gasteiger partial charge is 0.467 e. The fraction of sp³-hybridized carbons (Fsp3) is 0.250. The van der Waals surface area contributed by atoms with Crippen molar-refractivity contribution in [3.8, 4) is 0 Å². The molecule has 8 heteroatoms. The van der Waals surface area contributed by atoms with Gasteiger partial charge in [0, 0.05) is 17.6 Å². The third kappa shape index (κ3) is 6.02. The number of nitrogens with one attached hydrogen (secondary N) is 2. The van der Waals surface area contributed by atoms with Gasteiger partial charge in [-0.1, -0.05) is 30.3 Å². The highest BCUT2D eigenvalue weighted by atomic mass is 32.2. The van der Waals surface area contributed by atoms with Crippen molar-refractivity contribution in [2.24, 2.45) is 0 Å². The number of carbonyl (C=O) groups is 3. The summed E-state index contributed by atoms with van der Waals surface area (Å²) in [5.74, 6) is -1.30. The van der Waals surface area contributed by atoms with E-state index in [0.29, 0.717) is 10.6 Å². The van der Waals surface area contributed by atoms with E-state index in [1.165, 1.54) is 20.1 Å². The highest BCUT2D eigenvalue weighted by Gasteiger charge is 2.24. The number of amides is 2. The number of anilines is 1. The number of carbonyl (C=O) groups excluding carboxylic acids is 3. The second kappa shape index (κ2) is 10.4. The molecule has 0 saturated carbocycles. The van der Waals surface area contributed by atoms with Gasteiger partial charge >= 0.3 is 5.97 Å². The van der Waals surface area contributed by atoms with Crippen LogP contribution < -0.4 is 10.6 Å². The van der Waals surface area contributed by atoms with Crippen LogP contribution in [-0.2, 0) is 25.1 Å². The normalized spacial score (nSPS) is 12.5. The SMILES string of the molecule is COC(=O)[C@H](CC[S@](=O)c1ccccc1)NC(=O)c1ccccc1NC(C)=O. The standard InChI is InChI=1S/C20H22N2O5S/c1-14(23)21-17-11-7-6-10-16(17)19(24)22-18(20(25)27-2)12-13-28(26)15-8-4-3-5-9-15/h3-11,18H,12-13H2,1-2H3,(H,21,23)(H,22,24)/t18-,28-/m0/s1. The number of esters is 1. The van der Waals surface area contributed by atoms with Gasteiger partial charge in [-0.3, -0.25) is 13.8 Å². The van der Waals surface area contributed by atoms with Crippen LogP contribution in [0.5, 0.6) is 0 Å². The Morgan fingerprint density at radius 2 is 1.68 bits per heavy atom. The Morgan fingerprint density at radius 3 is 2.32 bits per heavy atom. The number of rotatable bonds is 8. The summed E-state index contributed by atoms with van der Waals surface area (Å²) in [5.41, 5.74) is 0.555. The molecule has 28 heavy (non-hydrogen) atoms. The van der Waals surface area contributed by atoms with E-state index >= 15 is 0 Å². The van der Waals surface area contributed by atoms with E-state index in [1.54, 1.807) is 42.5 Å². The van der Waals surface area contributed by atoms with Crippen LogP contribution in [0, 0.1) is 0 Å². The van der Waals surface area contributed by atoms with Crippen molar-refractivity contribution in [2.45, 2.75) is 24.3 Å². The minimum atomic E-state index is -1.31. The lowest BCUT2D eigenvalue weighted by Gasteiger charge is -2.17. The zero-order valence-corrected chi connectivity index (χ0v) is 16.5. The topological polar surface area (TPSA) is 102 Å². The van der Waals surface area contributed by atoms with Gasteiger partial charge in [-0.15, -0.1) is 0 Å². The number of para-hydroxylation sites is 1. The molecule has 0 aliphatic rings. The predicted octanol–water partition coefficient (Wildman–Crippen LogP) is 2.11. The molecule has 0 aromatic heterocycles. The number of ether oxygens (including phenoxy) is 1. The molecule has 0 radical (unpaired) electrons. The highest BCUT2D eigenvalue weighted by Crippen LogP contribution is 2.16. The zero-order valence-electron chi connectivity index (χ0n) is 15.6. The Labute approximate surface area is 165 Å². The van der Waals surface area contributed by atoms with Gasteiger partial charge in [0.05, 0.1) is 29.2 Å². The van der Waals surface area contributed by atoms with Gasteiger partial charge in [0.15, 0.2) is 0 Å². The lowest BCUT2D eigenvalue weighted by atomic mass is 10.1. The summed E-state index contributed by atoms with van der Waals surface area (Å²) in [6, 6.07) is 14.4. The van der Waals surface area contributed by atoms with Gasteiger partial charge in [0.25, 0.3) is 5.91 Å². The molecule has 2 N–H and O–H groups in total. The first-order valence-corrected chi connectivity index (χ1v) is 9.93. The van der Waals surface area contributed by atoms with Crippen molar-refractivity contribution in [1.29, 1.82) is 0 Å². The van der Waals surface area contributed by atoms with Crippen molar-refractivity contribution in [2.75, 3.05) is 18.2 Å². The fourth-order valence-corrected chi connectivity index (χ4v) is 3.67. The van der Waals surface area contributed by atoms with Crippen LogP contribution in [0.4, 0.5) is 5.69 Å². The summed E-state index contributed by atoms with van der Waals surface area (Å²) in [4.78, 5) is 36.7. The van der Waals surface area contributed by atoms with Gasteiger partial charge in [-0.2, -0.15) is 0 Å². The minimum absolute atomic E-state index is 0.141. The summed E-state index contributed by atoms with van der Waals surface area (Å²) in [6.07, 6.45) is 0.141. The quantitative estimate of drug-likeness (QED) is 0.659. The first kappa shape index (κ1) is 21.3. The molecule has 0 aliphatic carbocycles. The molecule has 2 rings (SSSR count). The van der Waals surface area contributed by atoms with E-state index < -0.39 is 28.7 Å². The van der Waals surface area contributed by atoms with Gasteiger partial charge in [-0.25, -0.2) is 4.79 Å². The van der Waals surface area contributed by atoms with Gasteiger partial charge in [0.2, 0.25) is 5.91 Å². The number of hydrogen-bond donors (Lipinski definition) is 2. The van der Waals surface area contributed by atoms with Crippen LogP contribution in [0.1, 0.15) is 23.7 Å². The highest BCUT2D eigenvalue weighted by molar-refractivity contribution is 7.85. The molecule has 148 valence electrons.